The molecule has 1 amide bonds. The Hall–Kier alpha value is -3.10. The van der Waals surface area contributed by atoms with E-state index in [1.807, 2.05) is 0 Å². The maximum absolute atomic E-state index is 12.2. The molecule has 29 heavy (non-hydrogen) atoms. The maximum atomic E-state index is 12.2. The van der Waals surface area contributed by atoms with E-state index in [2.05, 4.69) is 5.32 Å². The highest BCUT2D eigenvalue weighted by atomic mass is 16.7. The van der Waals surface area contributed by atoms with Crippen LogP contribution in [0.15, 0.2) is 24.3 Å². The SMILES string of the molecule is CC(C)[C@H](NC(=O)OC(C)(C)C)C(=O)OCOC(=O)CC(=N)c1ccc(N)cc1. The lowest BCUT2D eigenvalue weighted by molar-refractivity contribution is -0.168. The van der Waals surface area contributed by atoms with E-state index in [0.29, 0.717) is 11.3 Å². The van der Waals surface area contributed by atoms with Crippen LogP contribution in [-0.4, -0.2) is 42.2 Å². The molecule has 160 valence electrons. The molecule has 0 saturated heterocycles. The summed E-state index contributed by atoms with van der Waals surface area (Å²) in [5, 5.41) is 10.4. The summed E-state index contributed by atoms with van der Waals surface area (Å²) in [6, 6.07) is 5.54. The number of esters is 2. The van der Waals surface area contributed by atoms with E-state index in [9.17, 15) is 14.4 Å². The first-order valence-corrected chi connectivity index (χ1v) is 9.14. The number of carbonyl (C=O) groups is 3. The molecule has 1 aromatic rings. The number of ether oxygens (including phenoxy) is 3. The molecule has 1 rings (SSSR count). The number of anilines is 1. The molecule has 0 aliphatic rings. The van der Waals surface area contributed by atoms with E-state index in [4.69, 9.17) is 25.4 Å². The molecule has 0 spiro atoms. The first-order chi connectivity index (χ1) is 13.4. The number of benzene rings is 1. The molecule has 0 unspecified atom stereocenters. The highest BCUT2D eigenvalue weighted by molar-refractivity contribution is 6.07. The summed E-state index contributed by atoms with van der Waals surface area (Å²) in [6.45, 7) is 7.95. The Bertz CT molecular complexity index is 738. The van der Waals surface area contributed by atoms with Gasteiger partial charge in [-0.3, -0.25) is 4.79 Å². The summed E-state index contributed by atoms with van der Waals surface area (Å²) in [4.78, 5) is 35.9. The van der Waals surface area contributed by atoms with Crippen LogP contribution in [0.3, 0.4) is 0 Å². The maximum Gasteiger partial charge on any atom is 0.408 e. The first-order valence-electron chi connectivity index (χ1n) is 9.14. The van der Waals surface area contributed by atoms with Crippen molar-refractivity contribution in [2.24, 2.45) is 5.92 Å². The van der Waals surface area contributed by atoms with Gasteiger partial charge in [0, 0.05) is 11.4 Å². The summed E-state index contributed by atoms with van der Waals surface area (Å²) < 4.78 is 14.9. The normalized spacial score (nSPS) is 12.1. The molecular weight excluding hydrogens is 378 g/mol. The minimum absolute atomic E-state index is 0.0491. The second-order valence-electron chi connectivity index (χ2n) is 7.74. The number of nitrogens with two attached hydrogens (primary N) is 1. The van der Waals surface area contributed by atoms with Crippen molar-refractivity contribution in [3.63, 3.8) is 0 Å². The zero-order chi connectivity index (χ0) is 22.2. The molecular formula is C20H29N3O6. The summed E-state index contributed by atoms with van der Waals surface area (Å²) >= 11 is 0. The van der Waals surface area contributed by atoms with Gasteiger partial charge in [0.1, 0.15) is 11.6 Å². The van der Waals surface area contributed by atoms with Gasteiger partial charge in [-0.1, -0.05) is 26.0 Å². The summed E-state index contributed by atoms with van der Waals surface area (Å²) in [7, 11) is 0. The van der Waals surface area contributed by atoms with Crippen molar-refractivity contribution < 1.29 is 28.6 Å². The Kier molecular flexibility index (Phi) is 8.62. The van der Waals surface area contributed by atoms with Gasteiger partial charge in [0.05, 0.1) is 6.42 Å². The molecule has 9 nitrogen and oxygen atoms in total. The van der Waals surface area contributed by atoms with Gasteiger partial charge in [0.2, 0.25) is 6.79 Å². The van der Waals surface area contributed by atoms with Gasteiger partial charge >= 0.3 is 18.0 Å². The monoisotopic (exact) mass is 407 g/mol. The van der Waals surface area contributed by atoms with Crippen LogP contribution in [0.1, 0.15) is 46.6 Å². The molecule has 0 aromatic heterocycles. The lowest BCUT2D eigenvalue weighted by atomic mass is 10.1. The molecule has 1 aromatic carbocycles. The fourth-order valence-electron chi connectivity index (χ4n) is 2.16. The average molecular weight is 407 g/mol. The van der Waals surface area contributed by atoms with Crippen molar-refractivity contribution in [3.8, 4) is 0 Å². The Morgan fingerprint density at radius 1 is 1.10 bits per heavy atom. The predicted octanol–water partition coefficient (Wildman–Crippen LogP) is 2.62. The van der Waals surface area contributed by atoms with Crippen molar-refractivity contribution in [2.75, 3.05) is 12.5 Å². The van der Waals surface area contributed by atoms with Gasteiger partial charge in [-0.25, -0.2) is 9.59 Å². The summed E-state index contributed by atoms with van der Waals surface area (Å²) in [5.41, 5.74) is 6.01. The molecule has 0 radical (unpaired) electrons. The van der Waals surface area contributed by atoms with Gasteiger partial charge in [0.25, 0.3) is 0 Å². The van der Waals surface area contributed by atoms with Crippen molar-refractivity contribution in [1.82, 2.24) is 5.32 Å². The van der Waals surface area contributed by atoms with E-state index in [0.717, 1.165) is 0 Å². The molecule has 0 heterocycles. The number of alkyl carbamates (subject to hydrolysis) is 1. The Labute approximate surface area is 170 Å². The van der Waals surface area contributed by atoms with Crippen LogP contribution >= 0.6 is 0 Å². The molecule has 9 heteroatoms. The van der Waals surface area contributed by atoms with E-state index in [1.54, 1.807) is 58.9 Å². The lowest BCUT2D eigenvalue weighted by Gasteiger charge is -2.24. The third-order valence-corrected chi connectivity index (χ3v) is 3.59. The third kappa shape index (κ3) is 9.09. The number of carbonyl (C=O) groups excluding carboxylic acids is 3. The van der Waals surface area contributed by atoms with Crippen molar-refractivity contribution in [1.29, 1.82) is 5.41 Å². The number of nitrogens with one attached hydrogen (secondary N) is 2. The Morgan fingerprint density at radius 2 is 1.69 bits per heavy atom. The number of rotatable bonds is 8. The second-order valence-corrected chi connectivity index (χ2v) is 7.74. The minimum atomic E-state index is -0.961. The Morgan fingerprint density at radius 3 is 2.21 bits per heavy atom. The number of nitrogen functional groups attached to an aromatic ring is 1. The van der Waals surface area contributed by atoms with Gasteiger partial charge in [-0.05, 0) is 44.4 Å². The quantitative estimate of drug-likeness (QED) is 0.260. The van der Waals surface area contributed by atoms with Crippen LogP contribution in [0.5, 0.6) is 0 Å². The molecule has 0 saturated carbocycles. The van der Waals surface area contributed by atoms with Gasteiger partial charge in [0.15, 0.2) is 0 Å². The van der Waals surface area contributed by atoms with Gasteiger partial charge in [-0.15, -0.1) is 0 Å². The van der Waals surface area contributed by atoms with Crippen LogP contribution in [0.25, 0.3) is 0 Å². The standard InChI is InChI=1S/C20H29N3O6/c1-12(2)17(23-19(26)29-20(3,4)5)18(25)28-11-27-16(24)10-15(22)13-6-8-14(21)9-7-13/h6-9,12,17,22H,10-11,21H2,1-5H3,(H,23,26)/t17-/m0/s1. The molecule has 4 N–H and O–H groups in total. The molecule has 1 atom stereocenters. The van der Waals surface area contributed by atoms with E-state index >= 15 is 0 Å². The number of amides is 1. The number of hydrogen-bond donors (Lipinski definition) is 3. The van der Waals surface area contributed by atoms with Crippen molar-refractivity contribution >= 4 is 29.4 Å². The predicted molar refractivity (Wildman–Crippen MR) is 107 cm³/mol. The molecule has 0 aliphatic heterocycles. The van der Waals surface area contributed by atoms with E-state index in [-0.39, 0.29) is 18.1 Å². The topological polar surface area (TPSA) is 141 Å². The molecule has 0 fully saturated rings. The molecule has 0 bridgehead atoms. The highest BCUT2D eigenvalue weighted by Crippen LogP contribution is 2.11. The highest BCUT2D eigenvalue weighted by Gasteiger charge is 2.28. The number of hydrogen-bond acceptors (Lipinski definition) is 8. The molecule has 0 aliphatic carbocycles. The van der Waals surface area contributed by atoms with Gasteiger partial charge < -0.3 is 30.7 Å². The lowest BCUT2D eigenvalue weighted by Crippen LogP contribution is -2.47. The van der Waals surface area contributed by atoms with Crippen LogP contribution in [0.2, 0.25) is 0 Å². The summed E-state index contributed by atoms with van der Waals surface area (Å²) in [6.07, 6.45) is -1.03. The smallest absolute Gasteiger partial charge is 0.408 e. The zero-order valence-corrected chi connectivity index (χ0v) is 17.4. The van der Waals surface area contributed by atoms with Crippen molar-refractivity contribution in [3.05, 3.63) is 29.8 Å². The first kappa shape index (κ1) is 23.9. The van der Waals surface area contributed by atoms with Crippen LogP contribution in [-0.2, 0) is 23.8 Å². The minimum Gasteiger partial charge on any atom is -0.444 e. The third-order valence-electron chi connectivity index (χ3n) is 3.59. The fourth-order valence-corrected chi connectivity index (χ4v) is 2.16. The van der Waals surface area contributed by atoms with E-state index in [1.165, 1.54) is 0 Å². The van der Waals surface area contributed by atoms with Crippen LogP contribution in [0.4, 0.5) is 10.5 Å². The Balaban J connectivity index is 2.48. The second kappa shape index (κ2) is 10.4. The van der Waals surface area contributed by atoms with Crippen LogP contribution < -0.4 is 11.1 Å². The fraction of sp³-hybridized carbons (Fsp3) is 0.500. The van der Waals surface area contributed by atoms with Crippen LogP contribution in [0, 0.1) is 11.3 Å². The summed E-state index contributed by atoms with van der Waals surface area (Å²) in [5.74, 6) is -1.75. The average Bonchev–Trinajstić information content (AvgIpc) is 2.58. The largest absolute Gasteiger partial charge is 0.444 e. The van der Waals surface area contributed by atoms with E-state index < -0.39 is 36.5 Å². The van der Waals surface area contributed by atoms with Crippen molar-refractivity contribution in [2.45, 2.75) is 52.7 Å². The van der Waals surface area contributed by atoms with Gasteiger partial charge in [-0.2, -0.15) is 0 Å². The zero-order valence-electron chi connectivity index (χ0n) is 17.4.